The van der Waals surface area contributed by atoms with Crippen LogP contribution < -0.4 is 0 Å². The molecule has 0 bridgehead atoms. The molecule has 0 aliphatic heterocycles. The smallest absolute Gasteiger partial charge is 0.119 e. The first-order chi connectivity index (χ1) is 7.48. The number of aryl methyl sites for hydroxylation is 1. The molecular weight excluding hydrogens is 196 g/mol. The summed E-state index contributed by atoms with van der Waals surface area (Å²) in [4.78, 5) is 0. The molecular formula is C15H18O. The van der Waals surface area contributed by atoms with E-state index in [2.05, 4.69) is 18.9 Å². The lowest BCUT2D eigenvalue weighted by Gasteiger charge is -2.24. The standard InChI is InChI=1S/C15H18O/c1-5-10-15(16,11-12(2)3)14-8-6-13(4)7-9-14/h6-10,16H,1-2,11H2,3-4H3. The summed E-state index contributed by atoms with van der Waals surface area (Å²) in [7, 11) is 0. The van der Waals surface area contributed by atoms with Gasteiger partial charge in [0.25, 0.3) is 0 Å². The zero-order valence-electron chi connectivity index (χ0n) is 9.96. The van der Waals surface area contributed by atoms with Gasteiger partial charge in [0.05, 0.1) is 0 Å². The van der Waals surface area contributed by atoms with E-state index in [9.17, 15) is 5.11 Å². The summed E-state index contributed by atoms with van der Waals surface area (Å²) in [5.41, 5.74) is 4.56. The van der Waals surface area contributed by atoms with Crippen LogP contribution in [-0.2, 0) is 5.60 Å². The fraction of sp³-hybridized carbons (Fsp3) is 0.267. The molecule has 0 fully saturated rings. The van der Waals surface area contributed by atoms with E-state index in [1.165, 1.54) is 5.56 Å². The van der Waals surface area contributed by atoms with Crippen LogP contribution in [0.3, 0.4) is 0 Å². The van der Waals surface area contributed by atoms with Gasteiger partial charge in [-0.3, -0.25) is 0 Å². The fourth-order valence-electron chi connectivity index (χ4n) is 1.71. The van der Waals surface area contributed by atoms with Crippen molar-refractivity contribution < 1.29 is 5.11 Å². The van der Waals surface area contributed by atoms with Crippen molar-refractivity contribution in [1.29, 1.82) is 0 Å². The number of rotatable bonds is 4. The van der Waals surface area contributed by atoms with Gasteiger partial charge in [-0.2, -0.15) is 0 Å². The van der Waals surface area contributed by atoms with Crippen molar-refractivity contribution >= 4 is 0 Å². The molecule has 0 radical (unpaired) electrons. The predicted molar refractivity (Wildman–Crippen MR) is 68.2 cm³/mol. The molecule has 1 rings (SSSR count). The minimum atomic E-state index is -1.04. The zero-order chi connectivity index (χ0) is 12.2. The monoisotopic (exact) mass is 214 g/mol. The van der Waals surface area contributed by atoms with Crippen LogP contribution in [0.25, 0.3) is 0 Å². The Kier molecular flexibility index (Phi) is 3.89. The van der Waals surface area contributed by atoms with E-state index in [1.54, 1.807) is 6.08 Å². The maximum atomic E-state index is 10.5. The van der Waals surface area contributed by atoms with E-state index in [0.29, 0.717) is 6.42 Å². The first-order valence-electron chi connectivity index (χ1n) is 5.29. The largest absolute Gasteiger partial charge is 0.380 e. The van der Waals surface area contributed by atoms with Gasteiger partial charge in [-0.15, -0.1) is 12.3 Å². The third-order valence-corrected chi connectivity index (χ3v) is 2.46. The van der Waals surface area contributed by atoms with E-state index < -0.39 is 5.60 Å². The second kappa shape index (κ2) is 4.98. The summed E-state index contributed by atoms with van der Waals surface area (Å²) in [6.45, 7) is 11.3. The molecule has 1 atom stereocenters. The molecule has 84 valence electrons. The van der Waals surface area contributed by atoms with E-state index in [4.69, 9.17) is 0 Å². The maximum Gasteiger partial charge on any atom is 0.119 e. The maximum absolute atomic E-state index is 10.5. The predicted octanol–water partition coefficient (Wildman–Crippen LogP) is 3.49. The first-order valence-corrected chi connectivity index (χ1v) is 5.29. The molecule has 1 aromatic rings. The minimum Gasteiger partial charge on any atom is -0.380 e. The SMILES string of the molecule is C=C=CC(O)(CC(=C)C)c1ccc(C)cc1. The molecule has 1 N–H and O–H groups in total. The van der Waals surface area contributed by atoms with E-state index in [0.717, 1.165) is 11.1 Å². The van der Waals surface area contributed by atoms with Crippen LogP contribution in [0.1, 0.15) is 24.5 Å². The van der Waals surface area contributed by atoms with Crippen LogP contribution in [0.15, 0.2) is 54.8 Å². The van der Waals surface area contributed by atoms with Gasteiger partial charge in [0.1, 0.15) is 5.60 Å². The Balaban J connectivity index is 3.15. The van der Waals surface area contributed by atoms with Crippen LogP contribution in [0, 0.1) is 6.92 Å². The molecule has 0 aliphatic rings. The number of hydrogen-bond acceptors (Lipinski definition) is 1. The molecule has 1 unspecified atom stereocenters. The van der Waals surface area contributed by atoms with Gasteiger partial charge in [-0.1, -0.05) is 42.0 Å². The van der Waals surface area contributed by atoms with Crippen LogP contribution in [-0.4, -0.2) is 5.11 Å². The van der Waals surface area contributed by atoms with Crippen molar-refractivity contribution in [1.82, 2.24) is 0 Å². The van der Waals surface area contributed by atoms with Crippen LogP contribution >= 0.6 is 0 Å². The summed E-state index contributed by atoms with van der Waals surface area (Å²) in [6.07, 6.45) is 2.07. The summed E-state index contributed by atoms with van der Waals surface area (Å²) >= 11 is 0. The van der Waals surface area contributed by atoms with Crippen molar-refractivity contribution in [2.45, 2.75) is 25.9 Å². The van der Waals surface area contributed by atoms with Gasteiger partial charge in [-0.25, -0.2) is 0 Å². The van der Waals surface area contributed by atoms with Gasteiger partial charge in [-0.05, 0) is 25.5 Å². The van der Waals surface area contributed by atoms with E-state index >= 15 is 0 Å². The molecule has 0 aromatic heterocycles. The molecule has 1 aromatic carbocycles. The normalized spacial score (nSPS) is 13.7. The Morgan fingerprint density at radius 2 is 2.00 bits per heavy atom. The Hall–Kier alpha value is -1.56. The lowest BCUT2D eigenvalue weighted by atomic mass is 9.87. The fourth-order valence-corrected chi connectivity index (χ4v) is 1.71. The zero-order valence-corrected chi connectivity index (χ0v) is 9.96. The van der Waals surface area contributed by atoms with Crippen molar-refractivity contribution in [2.24, 2.45) is 0 Å². The topological polar surface area (TPSA) is 20.2 Å². The molecule has 0 spiro atoms. The van der Waals surface area contributed by atoms with Crippen molar-refractivity contribution in [3.05, 3.63) is 65.9 Å². The van der Waals surface area contributed by atoms with Crippen molar-refractivity contribution in [2.75, 3.05) is 0 Å². The third-order valence-electron chi connectivity index (χ3n) is 2.46. The highest BCUT2D eigenvalue weighted by atomic mass is 16.3. The quantitative estimate of drug-likeness (QED) is 0.601. The number of hydrogen-bond donors (Lipinski definition) is 1. The molecule has 0 aliphatic carbocycles. The third kappa shape index (κ3) is 2.96. The van der Waals surface area contributed by atoms with Gasteiger partial charge in [0.2, 0.25) is 0 Å². The lowest BCUT2D eigenvalue weighted by Crippen LogP contribution is -2.22. The molecule has 1 nitrogen and oxygen atoms in total. The second-order valence-corrected chi connectivity index (χ2v) is 4.27. The van der Waals surface area contributed by atoms with E-state index in [1.807, 2.05) is 38.1 Å². The van der Waals surface area contributed by atoms with Crippen LogP contribution in [0.5, 0.6) is 0 Å². The molecule has 0 amide bonds. The Labute approximate surface area is 97.4 Å². The summed E-state index contributed by atoms with van der Waals surface area (Å²) in [5.74, 6) is 0. The molecule has 1 heteroatoms. The van der Waals surface area contributed by atoms with Crippen LogP contribution in [0.2, 0.25) is 0 Å². The average molecular weight is 214 g/mol. The Morgan fingerprint density at radius 1 is 1.44 bits per heavy atom. The highest BCUT2D eigenvalue weighted by Gasteiger charge is 2.25. The highest BCUT2D eigenvalue weighted by molar-refractivity contribution is 5.31. The number of aliphatic hydroxyl groups is 1. The van der Waals surface area contributed by atoms with Gasteiger partial charge in [0.15, 0.2) is 0 Å². The first kappa shape index (κ1) is 12.5. The molecule has 0 saturated heterocycles. The van der Waals surface area contributed by atoms with Gasteiger partial charge in [0, 0.05) is 6.42 Å². The summed E-state index contributed by atoms with van der Waals surface area (Å²) in [5, 5.41) is 10.5. The highest BCUT2D eigenvalue weighted by Crippen LogP contribution is 2.29. The minimum absolute atomic E-state index is 0.485. The van der Waals surface area contributed by atoms with Crippen LogP contribution in [0.4, 0.5) is 0 Å². The van der Waals surface area contributed by atoms with Gasteiger partial charge >= 0.3 is 0 Å². The molecule has 16 heavy (non-hydrogen) atoms. The average Bonchev–Trinajstić information content (AvgIpc) is 2.17. The summed E-state index contributed by atoms with van der Waals surface area (Å²) in [6, 6.07) is 7.81. The molecule has 0 heterocycles. The lowest BCUT2D eigenvalue weighted by molar-refractivity contribution is 0.0902. The van der Waals surface area contributed by atoms with Crippen molar-refractivity contribution in [3.8, 4) is 0 Å². The molecule has 0 saturated carbocycles. The van der Waals surface area contributed by atoms with E-state index in [-0.39, 0.29) is 0 Å². The van der Waals surface area contributed by atoms with Gasteiger partial charge < -0.3 is 5.11 Å². The second-order valence-electron chi connectivity index (χ2n) is 4.27. The van der Waals surface area contributed by atoms with Crippen molar-refractivity contribution in [3.63, 3.8) is 0 Å². The Bertz CT molecular complexity index is 421. The number of benzene rings is 1. The summed E-state index contributed by atoms with van der Waals surface area (Å²) < 4.78 is 0. The Morgan fingerprint density at radius 3 is 2.44 bits per heavy atom.